The molecule has 0 radical (unpaired) electrons. The van der Waals surface area contributed by atoms with Crippen LogP contribution in [0.15, 0.2) is 84.3 Å². The average Bonchev–Trinajstić information content (AvgIpc) is 3.60. The molecule has 1 aliphatic rings. The molecule has 1 fully saturated rings. The molecule has 0 unspecified atom stereocenters. The number of hydroxylamine groups is 1. The van der Waals surface area contributed by atoms with Gasteiger partial charge in [-0.15, -0.1) is 0 Å². The third-order valence-electron chi connectivity index (χ3n) is 7.33. The van der Waals surface area contributed by atoms with E-state index in [0.717, 1.165) is 38.5 Å². The number of rotatable bonds is 13. The molecule has 44 heavy (non-hydrogen) atoms. The second-order valence-electron chi connectivity index (χ2n) is 10.4. The minimum Gasteiger partial charge on any atom is -0.392 e. The number of carbonyl (C=O) groups excluding carboxylic acids is 2. The van der Waals surface area contributed by atoms with Crippen molar-refractivity contribution in [1.82, 2.24) is 26.0 Å². The number of H-pyrrole nitrogens is 1. The van der Waals surface area contributed by atoms with Crippen molar-refractivity contribution in [3.05, 3.63) is 101 Å². The van der Waals surface area contributed by atoms with E-state index in [0.29, 0.717) is 25.1 Å². The van der Waals surface area contributed by atoms with Gasteiger partial charge in [-0.05, 0) is 34.2 Å². The summed E-state index contributed by atoms with van der Waals surface area (Å²) in [5.41, 5.74) is 7.27. The molecule has 1 aromatic heterocycles. The van der Waals surface area contributed by atoms with Gasteiger partial charge in [0.25, 0.3) is 0 Å². The quantitative estimate of drug-likeness (QED) is 0.0822. The van der Waals surface area contributed by atoms with Crippen LogP contribution in [0.4, 0.5) is 0 Å². The van der Waals surface area contributed by atoms with Crippen LogP contribution < -0.4 is 10.8 Å². The van der Waals surface area contributed by atoms with Gasteiger partial charge in [-0.2, -0.15) is 5.10 Å². The first-order chi connectivity index (χ1) is 21.5. The molecule has 3 atom stereocenters. The van der Waals surface area contributed by atoms with Gasteiger partial charge in [-0.3, -0.25) is 19.9 Å². The summed E-state index contributed by atoms with van der Waals surface area (Å²) in [4.78, 5) is 27.7. The normalized spacial score (nSPS) is 18.1. The lowest BCUT2D eigenvalue weighted by Gasteiger charge is -2.36. The smallest absolute Gasteiger partial charge is 0.243 e. The molecular weight excluding hydrogens is 582 g/mol. The maximum Gasteiger partial charge on any atom is 0.243 e. The minimum atomic E-state index is -0.580. The number of ether oxygens (including phenoxy) is 2. The summed E-state index contributed by atoms with van der Waals surface area (Å²) in [7, 11) is 0. The van der Waals surface area contributed by atoms with Gasteiger partial charge >= 0.3 is 0 Å². The number of nitrogens with one attached hydrogen (secondary N) is 3. The highest BCUT2D eigenvalue weighted by Crippen LogP contribution is 2.39. The van der Waals surface area contributed by atoms with Crippen LogP contribution in [0, 0.1) is 0 Å². The minimum absolute atomic E-state index is 0.0126. The first-order valence-corrected chi connectivity index (χ1v) is 15.4. The highest BCUT2D eigenvalue weighted by atomic mass is 32.2. The molecule has 0 bridgehead atoms. The number of aliphatic hydroxyl groups is 1. The van der Waals surface area contributed by atoms with Crippen LogP contribution >= 0.6 is 11.8 Å². The molecule has 230 valence electrons. The SMILES string of the molecule is O=C(CCCC(=O)NCc1ccccc1-c1ccc([C@H]2O[C@@H](CSc3ncn[nH]3)C[C@@H](c3ccc(CO)cc3)O2)cc1)NO. The fourth-order valence-electron chi connectivity index (χ4n) is 4.98. The van der Waals surface area contributed by atoms with Crippen LogP contribution in [-0.2, 0) is 32.2 Å². The predicted octanol–water partition coefficient (Wildman–Crippen LogP) is 4.59. The lowest BCUT2D eigenvalue weighted by Crippen LogP contribution is -2.31. The first kappa shape index (κ1) is 31.4. The maximum absolute atomic E-state index is 12.3. The fourth-order valence-corrected chi connectivity index (χ4v) is 5.78. The fraction of sp³-hybridized carbons (Fsp3) is 0.312. The van der Waals surface area contributed by atoms with Crippen molar-refractivity contribution in [3.63, 3.8) is 0 Å². The molecule has 1 aliphatic heterocycles. The second kappa shape index (κ2) is 15.6. The number of hydrogen-bond donors (Lipinski definition) is 5. The van der Waals surface area contributed by atoms with Crippen molar-refractivity contribution < 1.29 is 29.4 Å². The molecule has 0 spiro atoms. The van der Waals surface area contributed by atoms with E-state index in [1.165, 1.54) is 6.33 Å². The molecular formula is C32H35N5O6S. The van der Waals surface area contributed by atoms with Crippen LogP contribution in [0.1, 0.15) is 60.3 Å². The van der Waals surface area contributed by atoms with Gasteiger partial charge in [0.05, 0.1) is 18.8 Å². The van der Waals surface area contributed by atoms with E-state index in [1.54, 1.807) is 17.2 Å². The lowest BCUT2D eigenvalue weighted by atomic mass is 9.97. The molecule has 2 heterocycles. The number of aromatic nitrogens is 3. The number of aliphatic hydroxyl groups excluding tert-OH is 1. The summed E-state index contributed by atoms with van der Waals surface area (Å²) in [6, 6.07) is 23.7. The standard InChI is InChI=1S/C32H35N5O6S/c38-18-21-8-10-23(11-9-21)28-16-26(19-44-32-34-20-35-36-32)42-31(43-28)24-14-12-22(13-15-24)27-5-2-1-4-25(27)17-33-29(39)6-3-7-30(40)37-41/h1-2,4-5,8-15,20,26,28,31,38,41H,3,6-7,16-19H2,(H,33,39)(H,37,40)(H,34,35,36)/t26-,28+,31+/m1/s1. The molecule has 5 rings (SSSR count). The number of nitrogens with zero attached hydrogens (tertiary/aromatic N) is 2. The number of carbonyl (C=O) groups is 2. The third-order valence-corrected chi connectivity index (χ3v) is 8.34. The van der Waals surface area contributed by atoms with Crippen molar-refractivity contribution >= 4 is 23.6 Å². The Kier molecular flexibility index (Phi) is 11.1. The number of hydrogen-bond acceptors (Lipinski definition) is 9. The van der Waals surface area contributed by atoms with Gasteiger partial charge < -0.3 is 19.9 Å². The average molecular weight is 618 g/mol. The summed E-state index contributed by atoms with van der Waals surface area (Å²) in [6.45, 7) is 0.334. The van der Waals surface area contributed by atoms with E-state index in [4.69, 9.17) is 14.7 Å². The van der Waals surface area contributed by atoms with Gasteiger partial charge in [0.2, 0.25) is 11.8 Å². The van der Waals surface area contributed by atoms with Crippen LogP contribution in [0.3, 0.4) is 0 Å². The van der Waals surface area contributed by atoms with Crippen LogP contribution in [0.25, 0.3) is 11.1 Å². The van der Waals surface area contributed by atoms with Crippen molar-refractivity contribution in [2.45, 2.75) is 62.5 Å². The van der Waals surface area contributed by atoms with Crippen LogP contribution in [0.5, 0.6) is 0 Å². The lowest BCUT2D eigenvalue weighted by molar-refractivity contribution is -0.245. The molecule has 3 aromatic carbocycles. The topological polar surface area (TPSA) is 159 Å². The third kappa shape index (κ3) is 8.52. The van der Waals surface area contributed by atoms with E-state index in [2.05, 4.69) is 20.5 Å². The molecule has 2 amide bonds. The number of benzene rings is 3. The van der Waals surface area contributed by atoms with Crippen molar-refractivity contribution in [1.29, 1.82) is 0 Å². The zero-order valence-electron chi connectivity index (χ0n) is 24.0. The molecule has 12 heteroatoms. The van der Waals surface area contributed by atoms with Gasteiger partial charge in [-0.1, -0.05) is 84.6 Å². The number of aromatic amines is 1. The molecule has 5 N–H and O–H groups in total. The summed E-state index contributed by atoms with van der Waals surface area (Å²) in [5, 5.41) is 28.5. The molecule has 4 aromatic rings. The van der Waals surface area contributed by atoms with Crippen molar-refractivity contribution in [3.8, 4) is 11.1 Å². The zero-order chi connectivity index (χ0) is 30.7. The van der Waals surface area contributed by atoms with Gasteiger partial charge in [-0.25, -0.2) is 10.5 Å². The van der Waals surface area contributed by atoms with E-state index >= 15 is 0 Å². The van der Waals surface area contributed by atoms with Crippen molar-refractivity contribution in [2.24, 2.45) is 0 Å². The molecule has 11 nitrogen and oxygen atoms in total. The monoisotopic (exact) mass is 617 g/mol. The van der Waals surface area contributed by atoms with Gasteiger partial charge in [0.1, 0.15) is 6.33 Å². The summed E-state index contributed by atoms with van der Waals surface area (Å²) >= 11 is 1.55. The number of thioether (sulfide) groups is 1. The Balaban J connectivity index is 1.27. The van der Waals surface area contributed by atoms with E-state index < -0.39 is 12.2 Å². The summed E-state index contributed by atoms with van der Waals surface area (Å²) < 4.78 is 12.9. The Labute approximate surface area is 259 Å². The van der Waals surface area contributed by atoms with Crippen LogP contribution in [-0.4, -0.2) is 49.2 Å². The summed E-state index contributed by atoms with van der Waals surface area (Å²) in [5.74, 6) is -0.000671. The Bertz CT molecular complexity index is 1500. The molecule has 0 aliphatic carbocycles. The van der Waals surface area contributed by atoms with Crippen molar-refractivity contribution in [2.75, 3.05) is 5.75 Å². The van der Waals surface area contributed by atoms with Crippen LogP contribution in [0.2, 0.25) is 0 Å². The van der Waals surface area contributed by atoms with Gasteiger partial charge in [0, 0.05) is 37.1 Å². The predicted molar refractivity (Wildman–Crippen MR) is 163 cm³/mol. The molecule has 1 saturated heterocycles. The second-order valence-corrected chi connectivity index (χ2v) is 11.4. The molecule has 0 saturated carbocycles. The van der Waals surface area contributed by atoms with E-state index in [1.807, 2.05) is 72.8 Å². The van der Waals surface area contributed by atoms with E-state index in [-0.39, 0.29) is 37.6 Å². The Hall–Kier alpha value is -4.07. The van der Waals surface area contributed by atoms with Gasteiger partial charge in [0.15, 0.2) is 11.4 Å². The highest BCUT2D eigenvalue weighted by Gasteiger charge is 2.32. The first-order valence-electron chi connectivity index (χ1n) is 14.4. The maximum atomic E-state index is 12.3. The zero-order valence-corrected chi connectivity index (χ0v) is 24.8. The number of amides is 2. The highest BCUT2D eigenvalue weighted by molar-refractivity contribution is 7.99. The largest absolute Gasteiger partial charge is 0.392 e. The Morgan fingerprint density at radius 1 is 0.955 bits per heavy atom. The van der Waals surface area contributed by atoms with E-state index in [9.17, 15) is 14.7 Å². The summed E-state index contributed by atoms with van der Waals surface area (Å²) in [6.07, 6.45) is 1.90. The Morgan fingerprint density at radius 2 is 1.70 bits per heavy atom. The Morgan fingerprint density at radius 3 is 2.43 bits per heavy atom.